The number of hydrogen-bond donors (Lipinski definition) is 1. The zero-order valence-corrected chi connectivity index (χ0v) is 13.1. The van der Waals surface area contributed by atoms with Gasteiger partial charge in [-0.15, -0.1) is 0 Å². The fourth-order valence-corrected chi connectivity index (χ4v) is 3.06. The average Bonchev–Trinajstić information content (AvgIpc) is 3.17. The Morgan fingerprint density at radius 3 is 2.96 bits per heavy atom. The molecule has 2 aromatic heterocycles. The van der Waals surface area contributed by atoms with Crippen LogP contribution in [0.2, 0.25) is 0 Å². The van der Waals surface area contributed by atoms with E-state index in [1.54, 1.807) is 6.07 Å². The minimum Gasteiger partial charge on any atom is -0.386 e. The summed E-state index contributed by atoms with van der Waals surface area (Å²) in [6.07, 6.45) is 1.91. The predicted octanol–water partition coefficient (Wildman–Crippen LogP) is 1.21. The van der Waals surface area contributed by atoms with Gasteiger partial charge in [-0.2, -0.15) is 5.10 Å². The van der Waals surface area contributed by atoms with Crippen molar-refractivity contribution in [3.05, 3.63) is 35.0 Å². The molecule has 0 radical (unpaired) electrons. The van der Waals surface area contributed by atoms with Crippen LogP contribution in [0.4, 0.5) is 0 Å². The zero-order valence-electron chi connectivity index (χ0n) is 13.1. The van der Waals surface area contributed by atoms with Crippen LogP contribution in [-0.2, 0) is 24.3 Å². The molecule has 4 rings (SSSR count). The molecule has 1 aliphatic carbocycles. The van der Waals surface area contributed by atoms with Crippen molar-refractivity contribution in [2.24, 2.45) is 5.92 Å². The van der Waals surface area contributed by atoms with Crippen molar-refractivity contribution in [3.8, 4) is 0 Å². The number of aromatic nitrogens is 3. The quantitative estimate of drug-likeness (QED) is 0.916. The van der Waals surface area contributed by atoms with E-state index in [-0.39, 0.29) is 12.3 Å². The number of aliphatic hydroxyl groups excluding tert-OH is 1. The second kappa shape index (κ2) is 5.49. The number of aryl methyl sites for hydroxylation is 1. The van der Waals surface area contributed by atoms with E-state index in [0.29, 0.717) is 31.3 Å². The van der Waals surface area contributed by atoms with E-state index in [4.69, 9.17) is 4.52 Å². The molecule has 1 amide bonds. The van der Waals surface area contributed by atoms with Crippen molar-refractivity contribution in [1.29, 1.82) is 0 Å². The molecule has 0 aromatic carbocycles. The fraction of sp³-hybridized carbons (Fsp3) is 0.562. The lowest BCUT2D eigenvalue weighted by Gasteiger charge is -2.27. The van der Waals surface area contributed by atoms with Crippen molar-refractivity contribution < 1.29 is 14.4 Å². The van der Waals surface area contributed by atoms with Crippen molar-refractivity contribution in [2.75, 3.05) is 6.54 Å². The normalized spacial score (nSPS) is 18.8. The third-order valence-electron chi connectivity index (χ3n) is 4.54. The Hall–Kier alpha value is -2.15. The van der Waals surface area contributed by atoms with Gasteiger partial charge in [0.15, 0.2) is 0 Å². The number of hydrogen-bond acceptors (Lipinski definition) is 5. The fourth-order valence-electron chi connectivity index (χ4n) is 3.06. The predicted molar refractivity (Wildman–Crippen MR) is 80.3 cm³/mol. The molecular formula is C16H20N4O3. The largest absolute Gasteiger partial charge is 0.386 e. The Morgan fingerprint density at radius 1 is 1.43 bits per heavy atom. The summed E-state index contributed by atoms with van der Waals surface area (Å²) in [6, 6.07) is 3.72. The Labute approximate surface area is 133 Å². The third kappa shape index (κ3) is 2.88. The van der Waals surface area contributed by atoms with Gasteiger partial charge in [0.05, 0.1) is 36.6 Å². The molecule has 122 valence electrons. The monoisotopic (exact) mass is 316 g/mol. The number of nitrogens with zero attached hydrogens (tertiary/aromatic N) is 4. The van der Waals surface area contributed by atoms with Gasteiger partial charge < -0.3 is 14.5 Å². The Kier molecular flexibility index (Phi) is 3.45. The Morgan fingerprint density at radius 2 is 2.26 bits per heavy atom. The van der Waals surface area contributed by atoms with Crippen LogP contribution in [0.1, 0.15) is 41.8 Å². The third-order valence-corrected chi connectivity index (χ3v) is 4.54. The van der Waals surface area contributed by atoms with Crippen molar-refractivity contribution in [3.63, 3.8) is 0 Å². The first kappa shape index (κ1) is 14.4. The molecule has 2 aromatic rings. The van der Waals surface area contributed by atoms with Crippen LogP contribution in [0, 0.1) is 12.8 Å². The molecule has 1 fully saturated rings. The van der Waals surface area contributed by atoms with Crippen LogP contribution >= 0.6 is 0 Å². The molecule has 1 N–H and O–H groups in total. The highest BCUT2D eigenvalue weighted by atomic mass is 16.5. The van der Waals surface area contributed by atoms with E-state index in [2.05, 4.69) is 10.3 Å². The second-order valence-corrected chi connectivity index (χ2v) is 6.49. The minimum absolute atomic E-state index is 0.0258. The van der Waals surface area contributed by atoms with Crippen molar-refractivity contribution in [2.45, 2.75) is 45.4 Å². The van der Waals surface area contributed by atoms with Gasteiger partial charge in [-0.25, -0.2) is 0 Å². The number of rotatable bonds is 4. The summed E-state index contributed by atoms with van der Waals surface area (Å²) in [6.45, 7) is 3.65. The van der Waals surface area contributed by atoms with E-state index < -0.39 is 6.10 Å². The van der Waals surface area contributed by atoms with Crippen LogP contribution in [0.25, 0.3) is 0 Å². The summed E-state index contributed by atoms with van der Waals surface area (Å²) in [5.41, 5.74) is 2.50. The molecule has 2 aliphatic rings. The molecule has 0 unspecified atom stereocenters. The molecule has 7 nitrogen and oxygen atoms in total. The van der Waals surface area contributed by atoms with Gasteiger partial charge in [0.1, 0.15) is 11.9 Å². The molecule has 1 aliphatic heterocycles. The van der Waals surface area contributed by atoms with Crippen LogP contribution in [-0.4, -0.2) is 37.4 Å². The lowest BCUT2D eigenvalue weighted by Crippen LogP contribution is -2.39. The van der Waals surface area contributed by atoms with Gasteiger partial charge in [0.2, 0.25) is 5.91 Å². The summed E-state index contributed by atoms with van der Waals surface area (Å²) < 4.78 is 7.02. The first-order valence-corrected chi connectivity index (χ1v) is 8.05. The van der Waals surface area contributed by atoms with Crippen LogP contribution in [0.5, 0.6) is 0 Å². The molecule has 7 heteroatoms. The number of carbonyl (C=O) groups is 1. The summed E-state index contributed by atoms with van der Waals surface area (Å²) in [7, 11) is 0. The van der Waals surface area contributed by atoms with Gasteiger partial charge in [0.25, 0.3) is 0 Å². The minimum atomic E-state index is -0.464. The molecule has 0 spiro atoms. The van der Waals surface area contributed by atoms with Crippen LogP contribution in [0.3, 0.4) is 0 Å². The lowest BCUT2D eigenvalue weighted by atomic mass is 10.1. The maximum atomic E-state index is 12.4. The Bertz CT molecular complexity index is 732. The number of carbonyl (C=O) groups excluding carboxylic acids is 1. The standard InChI is InChI=1S/C16H20N4O3/c1-10-6-13(23-18-10)8-15(21)19-4-5-20-12(9-19)7-14(17-20)16(22)11-2-3-11/h6-7,11,16,22H,2-5,8-9H2,1H3/t16-/m1/s1. The summed E-state index contributed by atoms with van der Waals surface area (Å²) >= 11 is 0. The summed E-state index contributed by atoms with van der Waals surface area (Å²) in [5.74, 6) is 0.980. The van der Waals surface area contributed by atoms with Crippen molar-refractivity contribution >= 4 is 5.91 Å². The lowest BCUT2D eigenvalue weighted by molar-refractivity contribution is -0.132. The average molecular weight is 316 g/mol. The van der Waals surface area contributed by atoms with E-state index in [1.807, 2.05) is 22.6 Å². The molecular weight excluding hydrogens is 296 g/mol. The molecule has 0 bridgehead atoms. The van der Waals surface area contributed by atoms with E-state index in [0.717, 1.165) is 29.9 Å². The van der Waals surface area contributed by atoms with Gasteiger partial charge in [-0.1, -0.05) is 5.16 Å². The highest BCUT2D eigenvalue weighted by Crippen LogP contribution is 2.40. The maximum Gasteiger partial charge on any atom is 0.230 e. The van der Waals surface area contributed by atoms with E-state index >= 15 is 0 Å². The molecule has 1 atom stereocenters. The van der Waals surface area contributed by atoms with Crippen LogP contribution in [0.15, 0.2) is 16.7 Å². The van der Waals surface area contributed by atoms with Gasteiger partial charge in [-0.05, 0) is 31.7 Å². The van der Waals surface area contributed by atoms with Gasteiger partial charge >= 0.3 is 0 Å². The first-order chi connectivity index (χ1) is 11.1. The SMILES string of the molecule is Cc1cc(CC(=O)N2CCn3nc([C@H](O)C4CC4)cc3C2)on1. The number of amides is 1. The van der Waals surface area contributed by atoms with Crippen LogP contribution < -0.4 is 0 Å². The molecule has 23 heavy (non-hydrogen) atoms. The molecule has 3 heterocycles. The smallest absolute Gasteiger partial charge is 0.230 e. The zero-order chi connectivity index (χ0) is 16.0. The molecule has 1 saturated carbocycles. The summed E-state index contributed by atoms with van der Waals surface area (Å²) in [5, 5.41) is 18.5. The Balaban J connectivity index is 1.44. The van der Waals surface area contributed by atoms with Gasteiger partial charge in [-0.3, -0.25) is 9.48 Å². The highest BCUT2D eigenvalue weighted by Gasteiger charge is 2.33. The molecule has 0 saturated heterocycles. The number of fused-ring (bicyclic) bond motifs is 1. The van der Waals surface area contributed by atoms with Crippen molar-refractivity contribution in [1.82, 2.24) is 19.8 Å². The van der Waals surface area contributed by atoms with E-state index in [9.17, 15) is 9.90 Å². The highest BCUT2D eigenvalue weighted by molar-refractivity contribution is 5.78. The van der Waals surface area contributed by atoms with Gasteiger partial charge in [0, 0.05) is 12.6 Å². The maximum absolute atomic E-state index is 12.4. The topological polar surface area (TPSA) is 84.4 Å². The van der Waals surface area contributed by atoms with E-state index in [1.165, 1.54) is 0 Å². The summed E-state index contributed by atoms with van der Waals surface area (Å²) in [4.78, 5) is 14.2. The second-order valence-electron chi connectivity index (χ2n) is 6.49. The first-order valence-electron chi connectivity index (χ1n) is 8.05. The number of aliphatic hydroxyl groups is 1.